The largest absolute Gasteiger partial charge is 0.451 e. The van der Waals surface area contributed by atoms with Gasteiger partial charge in [0.05, 0.1) is 16.4 Å². The second-order valence-corrected chi connectivity index (χ2v) is 8.69. The number of anilines is 2. The number of pyridine rings is 1. The van der Waals surface area contributed by atoms with Gasteiger partial charge in [0, 0.05) is 16.7 Å². The molecule has 1 aliphatic heterocycles. The zero-order chi connectivity index (χ0) is 20.4. The molecule has 2 aromatic rings. The van der Waals surface area contributed by atoms with Crippen LogP contribution >= 0.6 is 46.6 Å². The molecule has 6 nitrogen and oxygen atoms in total. The standard InChI is InChI=1S/C18H16Cl3N3O3S/c1-9-6-7-24(10-4-2-3-5-11(10)28-9)12(25)8-27-18(26)16-13(19)15(22)14(20)17(21)23-16/h2-5,9H,6-8H2,1H3,(H2,22,23). The van der Waals surface area contributed by atoms with E-state index < -0.39 is 12.6 Å². The van der Waals surface area contributed by atoms with E-state index in [-0.39, 0.29) is 32.5 Å². The van der Waals surface area contributed by atoms with Gasteiger partial charge in [0.2, 0.25) is 0 Å². The lowest BCUT2D eigenvalue weighted by Gasteiger charge is -2.22. The highest BCUT2D eigenvalue weighted by Gasteiger charge is 2.26. The molecule has 0 bridgehead atoms. The Hall–Kier alpha value is -1.67. The van der Waals surface area contributed by atoms with Crippen molar-refractivity contribution in [1.29, 1.82) is 0 Å². The van der Waals surface area contributed by atoms with Crippen molar-refractivity contribution in [3.63, 3.8) is 0 Å². The Kier molecular flexibility index (Phi) is 6.60. The number of carbonyl (C=O) groups is 2. The molecule has 0 radical (unpaired) electrons. The summed E-state index contributed by atoms with van der Waals surface area (Å²) in [6, 6.07) is 7.63. The molecule has 3 rings (SSSR count). The van der Waals surface area contributed by atoms with Crippen LogP contribution in [-0.4, -0.2) is 35.3 Å². The zero-order valence-corrected chi connectivity index (χ0v) is 17.8. The fourth-order valence-corrected chi connectivity index (χ4v) is 4.38. The molecule has 1 unspecified atom stereocenters. The van der Waals surface area contributed by atoms with Crippen LogP contribution in [0.15, 0.2) is 29.2 Å². The minimum atomic E-state index is -0.908. The van der Waals surface area contributed by atoms with E-state index in [1.54, 1.807) is 16.7 Å². The van der Waals surface area contributed by atoms with Crippen LogP contribution < -0.4 is 10.6 Å². The first-order valence-corrected chi connectivity index (χ1v) is 10.3. The Morgan fingerprint density at radius 1 is 1.29 bits per heavy atom. The van der Waals surface area contributed by atoms with Gasteiger partial charge in [0.15, 0.2) is 17.5 Å². The summed E-state index contributed by atoms with van der Waals surface area (Å²) < 4.78 is 5.12. The van der Waals surface area contributed by atoms with E-state index in [1.165, 1.54) is 0 Å². The van der Waals surface area contributed by atoms with Crippen molar-refractivity contribution in [3.05, 3.63) is 45.2 Å². The molecule has 148 valence electrons. The average molecular weight is 461 g/mol. The zero-order valence-electron chi connectivity index (χ0n) is 14.7. The Bertz CT molecular complexity index is 942. The van der Waals surface area contributed by atoms with E-state index >= 15 is 0 Å². The monoisotopic (exact) mass is 459 g/mol. The number of nitrogens with zero attached hydrogens (tertiary/aromatic N) is 2. The number of nitrogens with two attached hydrogens (primary N) is 1. The molecule has 0 saturated heterocycles. The normalized spacial score (nSPS) is 16.3. The van der Waals surface area contributed by atoms with Crippen LogP contribution in [-0.2, 0) is 9.53 Å². The van der Waals surface area contributed by atoms with E-state index in [0.29, 0.717) is 11.8 Å². The number of carbonyl (C=O) groups excluding carboxylic acids is 2. The van der Waals surface area contributed by atoms with Crippen molar-refractivity contribution < 1.29 is 14.3 Å². The average Bonchev–Trinajstić information content (AvgIpc) is 2.85. The summed E-state index contributed by atoms with van der Waals surface area (Å²) in [4.78, 5) is 31.5. The number of para-hydroxylation sites is 1. The second kappa shape index (κ2) is 8.78. The van der Waals surface area contributed by atoms with Crippen molar-refractivity contribution in [2.24, 2.45) is 0 Å². The Labute approximate surface area is 181 Å². The molecule has 10 heteroatoms. The third kappa shape index (κ3) is 4.33. The van der Waals surface area contributed by atoms with Crippen molar-refractivity contribution in [1.82, 2.24) is 4.98 Å². The number of ether oxygens (including phenoxy) is 1. The van der Waals surface area contributed by atoms with Gasteiger partial charge >= 0.3 is 5.97 Å². The summed E-state index contributed by atoms with van der Waals surface area (Å²) in [5.41, 5.74) is 6.14. The lowest BCUT2D eigenvalue weighted by atomic mass is 10.2. The Morgan fingerprint density at radius 2 is 2.00 bits per heavy atom. The van der Waals surface area contributed by atoms with E-state index in [0.717, 1.165) is 17.0 Å². The maximum absolute atomic E-state index is 12.7. The lowest BCUT2D eigenvalue weighted by Crippen LogP contribution is -2.36. The van der Waals surface area contributed by atoms with E-state index in [4.69, 9.17) is 45.3 Å². The van der Waals surface area contributed by atoms with Gasteiger partial charge in [-0.15, -0.1) is 11.8 Å². The number of esters is 1. The highest BCUT2D eigenvalue weighted by molar-refractivity contribution is 8.00. The molecule has 1 aliphatic rings. The quantitative estimate of drug-likeness (QED) is 0.528. The summed E-state index contributed by atoms with van der Waals surface area (Å²) in [6.45, 7) is 2.17. The van der Waals surface area contributed by atoms with Crippen LogP contribution in [0.5, 0.6) is 0 Å². The number of hydrogen-bond acceptors (Lipinski definition) is 6. The van der Waals surface area contributed by atoms with Gasteiger partial charge in [-0.3, -0.25) is 4.79 Å². The summed E-state index contributed by atoms with van der Waals surface area (Å²) >= 11 is 19.4. The predicted octanol–water partition coefficient (Wildman–Crippen LogP) is 4.70. The summed E-state index contributed by atoms with van der Waals surface area (Å²) in [5, 5.41) is -0.0257. The number of halogens is 3. The molecule has 0 fully saturated rings. The predicted molar refractivity (Wildman–Crippen MR) is 113 cm³/mol. The minimum absolute atomic E-state index is 0.0490. The third-order valence-electron chi connectivity index (χ3n) is 4.14. The van der Waals surface area contributed by atoms with Crippen LogP contribution in [0.25, 0.3) is 0 Å². The highest BCUT2D eigenvalue weighted by atomic mass is 35.5. The minimum Gasteiger partial charge on any atom is -0.451 e. The molecular weight excluding hydrogens is 445 g/mol. The first kappa shape index (κ1) is 21.0. The number of amides is 1. The number of nitrogen functional groups attached to an aromatic ring is 1. The molecule has 1 amide bonds. The molecule has 1 aromatic heterocycles. The summed E-state index contributed by atoms with van der Waals surface area (Å²) in [6.07, 6.45) is 0.815. The van der Waals surface area contributed by atoms with Gasteiger partial charge in [-0.05, 0) is 18.6 Å². The van der Waals surface area contributed by atoms with Gasteiger partial charge in [0.25, 0.3) is 5.91 Å². The number of aromatic nitrogens is 1. The van der Waals surface area contributed by atoms with Gasteiger partial charge in [-0.25, -0.2) is 9.78 Å². The first-order valence-electron chi connectivity index (χ1n) is 8.32. The van der Waals surface area contributed by atoms with Crippen LogP contribution in [0.3, 0.4) is 0 Å². The van der Waals surface area contributed by atoms with Crippen LogP contribution in [0.4, 0.5) is 11.4 Å². The molecule has 0 saturated carbocycles. The van der Waals surface area contributed by atoms with E-state index in [1.807, 2.05) is 24.3 Å². The van der Waals surface area contributed by atoms with Crippen LogP contribution in [0.1, 0.15) is 23.8 Å². The molecule has 0 spiro atoms. The number of benzene rings is 1. The van der Waals surface area contributed by atoms with E-state index in [9.17, 15) is 9.59 Å². The summed E-state index contributed by atoms with van der Waals surface area (Å²) in [5.74, 6) is -1.26. The van der Waals surface area contributed by atoms with Gasteiger partial charge in [0.1, 0.15) is 5.02 Å². The van der Waals surface area contributed by atoms with E-state index in [2.05, 4.69) is 11.9 Å². The van der Waals surface area contributed by atoms with Crippen molar-refractivity contribution in [2.75, 3.05) is 23.8 Å². The fraction of sp³-hybridized carbons (Fsp3) is 0.278. The second-order valence-electron chi connectivity index (χ2n) is 6.10. The number of hydrogen-bond donors (Lipinski definition) is 1. The first-order chi connectivity index (χ1) is 13.3. The maximum atomic E-state index is 12.7. The van der Waals surface area contributed by atoms with Gasteiger partial charge in [-0.1, -0.05) is 53.9 Å². The lowest BCUT2D eigenvalue weighted by molar-refractivity contribution is -0.121. The van der Waals surface area contributed by atoms with Crippen molar-refractivity contribution >= 4 is 69.8 Å². The molecule has 1 atom stereocenters. The number of fused-ring (bicyclic) bond motifs is 1. The maximum Gasteiger partial charge on any atom is 0.359 e. The van der Waals surface area contributed by atoms with Crippen LogP contribution in [0.2, 0.25) is 15.2 Å². The molecule has 2 heterocycles. The molecule has 28 heavy (non-hydrogen) atoms. The SMILES string of the molecule is CC1CCN(C(=O)COC(=O)c2nc(Cl)c(Cl)c(N)c2Cl)c2ccccc2S1. The van der Waals surface area contributed by atoms with Crippen LogP contribution in [0, 0.1) is 0 Å². The highest BCUT2D eigenvalue weighted by Crippen LogP contribution is 2.37. The molecular formula is C18H16Cl3N3O3S. The Balaban J connectivity index is 1.75. The molecule has 0 aliphatic carbocycles. The van der Waals surface area contributed by atoms with Gasteiger partial charge in [-0.2, -0.15) is 0 Å². The third-order valence-corrected chi connectivity index (χ3v) is 6.51. The van der Waals surface area contributed by atoms with Crippen molar-refractivity contribution in [3.8, 4) is 0 Å². The number of thioether (sulfide) groups is 1. The smallest absolute Gasteiger partial charge is 0.359 e. The Morgan fingerprint density at radius 3 is 2.75 bits per heavy atom. The molecule has 2 N–H and O–H groups in total. The topological polar surface area (TPSA) is 85.5 Å². The van der Waals surface area contributed by atoms with Crippen molar-refractivity contribution in [2.45, 2.75) is 23.5 Å². The fourth-order valence-electron chi connectivity index (χ4n) is 2.69. The number of rotatable bonds is 3. The summed E-state index contributed by atoms with van der Waals surface area (Å²) in [7, 11) is 0. The van der Waals surface area contributed by atoms with Gasteiger partial charge < -0.3 is 15.4 Å². The molecule has 1 aromatic carbocycles.